The van der Waals surface area contributed by atoms with Gasteiger partial charge >= 0.3 is 0 Å². The first-order chi connectivity index (χ1) is 13.2. The van der Waals surface area contributed by atoms with Gasteiger partial charge < -0.3 is 24.9 Å². The lowest BCUT2D eigenvalue weighted by Gasteiger charge is -2.44. The van der Waals surface area contributed by atoms with Crippen molar-refractivity contribution in [3.63, 3.8) is 0 Å². The van der Waals surface area contributed by atoms with Crippen LogP contribution in [0.15, 0.2) is 22.6 Å². The molecule has 1 amide bonds. The Morgan fingerprint density at radius 1 is 1.30 bits per heavy atom. The highest BCUT2D eigenvalue weighted by molar-refractivity contribution is 6.04. The second-order valence-electron chi connectivity index (χ2n) is 8.11. The molecule has 2 N–H and O–H groups in total. The Morgan fingerprint density at radius 2 is 2.15 bits per heavy atom. The topological polar surface area (TPSA) is 73.6 Å². The minimum absolute atomic E-state index is 0.0347. The molecule has 7 nitrogen and oxygen atoms in total. The zero-order valence-corrected chi connectivity index (χ0v) is 15.8. The van der Waals surface area contributed by atoms with Crippen molar-refractivity contribution in [3.05, 3.63) is 23.8 Å². The van der Waals surface area contributed by atoms with E-state index in [4.69, 9.17) is 9.40 Å². The SMILES string of the molecule is C[C@H]1CNCCN1c1nc2c(C(=O)NC3CN4CCC3CC4)cccc2o1. The lowest BCUT2D eigenvalue weighted by molar-refractivity contribution is 0.0621. The highest BCUT2D eigenvalue weighted by Crippen LogP contribution is 2.29. The Bertz CT molecular complexity index is 842. The van der Waals surface area contributed by atoms with E-state index < -0.39 is 0 Å². The van der Waals surface area contributed by atoms with E-state index in [1.54, 1.807) is 0 Å². The minimum Gasteiger partial charge on any atom is -0.423 e. The van der Waals surface area contributed by atoms with Gasteiger partial charge in [-0.15, -0.1) is 0 Å². The van der Waals surface area contributed by atoms with Gasteiger partial charge in [-0.1, -0.05) is 6.07 Å². The van der Waals surface area contributed by atoms with Crippen molar-refractivity contribution in [2.45, 2.75) is 31.8 Å². The van der Waals surface area contributed by atoms with Gasteiger partial charge in [0.25, 0.3) is 11.9 Å². The van der Waals surface area contributed by atoms with Gasteiger partial charge in [0.1, 0.15) is 5.52 Å². The van der Waals surface area contributed by atoms with Gasteiger partial charge in [0, 0.05) is 38.3 Å². The summed E-state index contributed by atoms with van der Waals surface area (Å²) in [5.41, 5.74) is 1.95. The van der Waals surface area contributed by atoms with Gasteiger partial charge in [-0.2, -0.15) is 4.98 Å². The molecule has 1 unspecified atom stereocenters. The number of aromatic nitrogens is 1. The van der Waals surface area contributed by atoms with Crippen molar-refractivity contribution >= 4 is 23.0 Å². The molecule has 2 aromatic rings. The van der Waals surface area contributed by atoms with Gasteiger partial charge in [-0.3, -0.25) is 4.79 Å². The normalized spacial score (nSPS) is 30.6. The number of nitrogens with one attached hydrogen (secondary N) is 2. The van der Waals surface area contributed by atoms with Crippen LogP contribution in [0.3, 0.4) is 0 Å². The van der Waals surface area contributed by atoms with Crippen molar-refractivity contribution in [2.24, 2.45) is 5.92 Å². The van der Waals surface area contributed by atoms with Gasteiger partial charge in [0.15, 0.2) is 5.58 Å². The number of nitrogens with zero attached hydrogens (tertiary/aromatic N) is 3. The maximum atomic E-state index is 13.0. The molecule has 0 radical (unpaired) electrons. The Balaban J connectivity index is 1.40. The molecule has 2 bridgehead atoms. The molecule has 2 atom stereocenters. The first-order valence-electron chi connectivity index (χ1n) is 10.1. The van der Waals surface area contributed by atoms with Crippen LogP contribution in [0.1, 0.15) is 30.1 Å². The Kier molecular flexibility index (Phi) is 4.28. The van der Waals surface area contributed by atoms with Gasteiger partial charge in [-0.25, -0.2) is 0 Å². The summed E-state index contributed by atoms with van der Waals surface area (Å²) < 4.78 is 6.01. The molecule has 5 heterocycles. The van der Waals surface area contributed by atoms with E-state index in [1.807, 2.05) is 18.2 Å². The van der Waals surface area contributed by atoms with Crippen molar-refractivity contribution in [2.75, 3.05) is 44.2 Å². The molecule has 144 valence electrons. The highest BCUT2D eigenvalue weighted by atomic mass is 16.4. The van der Waals surface area contributed by atoms with Gasteiger partial charge in [-0.05, 0) is 50.9 Å². The Morgan fingerprint density at radius 3 is 2.89 bits per heavy atom. The van der Waals surface area contributed by atoms with Crippen LogP contribution < -0.4 is 15.5 Å². The van der Waals surface area contributed by atoms with Crippen LogP contribution in [0.25, 0.3) is 11.1 Å². The van der Waals surface area contributed by atoms with Crippen molar-refractivity contribution in [1.29, 1.82) is 0 Å². The summed E-state index contributed by atoms with van der Waals surface area (Å²) in [5, 5.41) is 6.65. The smallest absolute Gasteiger partial charge is 0.298 e. The summed E-state index contributed by atoms with van der Waals surface area (Å²) in [6, 6.07) is 6.80. The molecule has 0 spiro atoms. The van der Waals surface area contributed by atoms with Crippen molar-refractivity contribution in [3.8, 4) is 0 Å². The fraction of sp³-hybridized carbons (Fsp3) is 0.600. The number of piperazine rings is 1. The summed E-state index contributed by atoms with van der Waals surface area (Å²) in [6.45, 7) is 8.14. The summed E-state index contributed by atoms with van der Waals surface area (Å²) in [5.74, 6) is 0.570. The standard InChI is InChI=1S/C20H27N5O2/c1-13-11-21-7-10-25(13)20-23-18-15(3-2-4-17(18)27-20)19(26)22-16-12-24-8-5-14(16)6-9-24/h2-4,13-14,16,21H,5-12H2,1H3,(H,22,26)/t13-,16?/m0/s1. The molecule has 4 fully saturated rings. The number of oxazole rings is 1. The van der Waals surface area contributed by atoms with E-state index in [-0.39, 0.29) is 11.9 Å². The van der Waals surface area contributed by atoms with Crippen LogP contribution in [0.2, 0.25) is 0 Å². The van der Waals surface area contributed by atoms with E-state index in [0.717, 1.165) is 26.2 Å². The molecule has 1 aromatic carbocycles. The zero-order valence-electron chi connectivity index (χ0n) is 15.8. The van der Waals surface area contributed by atoms with E-state index in [0.29, 0.717) is 34.6 Å². The van der Waals surface area contributed by atoms with Crippen molar-refractivity contribution in [1.82, 2.24) is 20.5 Å². The highest BCUT2D eigenvalue weighted by Gasteiger charge is 2.35. The first kappa shape index (κ1) is 17.0. The number of hydrogen-bond donors (Lipinski definition) is 2. The average molecular weight is 369 g/mol. The first-order valence-corrected chi connectivity index (χ1v) is 10.1. The number of benzene rings is 1. The van der Waals surface area contributed by atoms with E-state index in [2.05, 4.69) is 27.4 Å². The minimum atomic E-state index is -0.0347. The number of fused-ring (bicyclic) bond motifs is 4. The quantitative estimate of drug-likeness (QED) is 0.853. The summed E-state index contributed by atoms with van der Waals surface area (Å²) in [7, 11) is 0. The molecule has 27 heavy (non-hydrogen) atoms. The summed E-state index contributed by atoms with van der Waals surface area (Å²) >= 11 is 0. The maximum Gasteiger partial charge on any atom is 0.298 e. The second kappa shape index (κ2) is 6.80. The fourth-order valence-corrected chi connectivity index (χ4v) is 4.74. The lowest BCUT2D eigenvalue weighted by atomic mass is 9.84. The molecule has 1 aromatic heterocycles. The summed E-state index contributed by atoms with van der Waals surface area (Å²) in [6.07, 6.45) is 2.37. The molecule has 0 aliphatic carbocycles. The van der Waals surface area contributed by atoms with E-state index in [1.165, 1.54) is 25.9 Å². The average Bonchev–Trinajstić information content (AvgIpc) is 3.13. The fourth-order valence-electron chi connectivity index (χ4n) is 4.74. The number of hydrogen-bond acceptors (Lipinski definition) is 6. The van der Waals surface area contributed by atoms with Crippen LogP contribution in [0.5, 0.6) is 0 Å². The van der Waals surface area contributed by atoms with Gasteiger partial charge in [0.2, 0.25) is 0 Å². The number of anilines is 1. The molecular weight excluding hydrogens is 342 g/mol. The molecule has 4 aliphatic heterocycles. The number of rotatable bonds is 3. The number of carbonyl (C=O) groups is 1. The van der Waals surface area contributed by atoms with Crippen LogP contribution in [-0.4, -0.2) is 67.1 Å². The largest absolute Gasteiger partial charge is 0.423 e. The number of amides is 1. The second-order valence-corrected chi connectivity index (χ2v) is 8.11. The molecule has 4 saturated heterocycles. The monoisotopic (exact) mass is 369 g/mol. The molecular formula is C20H27N5O2. The number of piperidine rings is 3. The third kappa shape index (κ3) is 3.08. The van der Waals surface area contributed by atoms with Crippen molar-refractivity contribution < 1.29 is 9.21 Å². The van der Waals surface area contributed by atoms with E-state index in [9.17, 15) is 4.79 Å². The third-order valence-corrected chi connectivity index (χ3v) is 6.37. The predicted molar refractivity (Wildman–Crippen MR) is 104 cm³/mol. The van der Waals surface area contributed by atoms with Crippen LogP contribution in [-0.2, 0) is 0 Å². The van der Waals surface area contributed by atoms with E-state index >= 15 is 0 Å². The van der Waals surface area contributed by atoms with Crippen LogP contribution >= 0.6 is 0 Å². The molecule has 4 aliphatic rings. The maximum absolute atomic E-state index is 13.0. The lowest BCUT2D eigenvalue weighted by Crippen LogP contribution is -2.57. The summed E-state index contributed by atoms with van der Waals surface area (Å²) in [4.78, 5) is 22.3. The molecule has 7 heteroatoms. The predicted octanol–water partition coefficient (Wildman–Crippen LogP) is 1.45. The third-order valence-electron chi connectivity index (χ3n) is 6.37. The van der Waals surface area contributed by atoms with Crippen LogP contribution in [0, 0.1) is 5.92 Å². The number of para-hydroxylation sites is 1. The Hall–Kier alpha value is -2.12. The zero-order chi connectivity index (χ0) is 18.4. The molecule has 6 rings (SSSR count). The van der Waals surface area contributed by atoms with Gasteiger partial charge in [0.05, 0.1) is 5.56 Å². The number of carbonyl (C=O) groups excluding carboxylic acids is 1. The van der Waals surface area contributed by atoms with Crippen LogP contribution in [0.4, 0.5) is 6.01 Å². The molecule has 0 saturated carbocycles. The Labute approximate surface area is 159 Å².